The Morgan fingerprint density at radius 3 is 2.96 bits per heavy atom. The fourth-order valence-electron chi connectivity index (χ4n) is 2.11. The Morgan fingerprint density at radius 1 is 1.26 bits per heavy atom. The summed E-state index contributed by atoms with van der Waals surface area (Å²) in [5.74, 6) is 0.361. The maximum Gasteiger partial charge on any atom is 0.329 e. The lowest BCUT2D eigenvalue weighted by atomic mass is 10.3. The summed E-state index contributed by atoms with van der Waals surface area (Å²) in [6.45, 7) is 0. The number of aryl methyl sites for hydroxylation is 1. The minimum Gasteiger partial charge on any atom is -0.480 e. The van der Waals surface area contributed by atoms with E-state index in [2.05, 4.69) is 20.0 Å². The molecule has 2 aromatic heterocycles. The van der Waals surface area contributed by atoms with Crippen LogP contribution in [0.4, 0.5) is 10.5 Å². The highest BCUT2D eigenvalue weighted by Crippen LogP contribution is 2.25. The summed E-state index contributed by atoms with van der Waals surface area (Å²) in [6, 6.07) is 8.89. The minimum absolute atomic E-state index is 0.361. The number of urea groups is 1. The molecule has 23 heavy (non-hydrogen) atoms. The molecule has 118 valence electrons. The number of hydrogen-bond acceptors (Lipinski definition) is 5. The van der Waals surface area contributed by atoms with Crippen LogP contribution in [0.2, 0.25) is 0 Å². The molecule has 2 amide bonds. The van der Waals surface area contributed by atoms with Crippen LogP contribution in [0.3, 0.4) is 0 Å². The lowest BCUT2D eigenvalue weighted by Gasteiger charge is -2.09. The third-order valence-electron chi connectivity index (χ3n) is 3.18. The molecule has 3 aromatic rings. The number of pyridine rings is 1. The molecule has 0 unspecified atom stereocenters. The summed E-state index contributed by atoms with van der Waals surface area (Å²) >= 11 is 1.20. The van der Waals surface area contributed by atoms with Gasteiger partial charge in [0.25, 0.3) is 0 Å². The van der Waals surface area contributed by atoms with Crippen molar-refractivity contribution in [2.75, 3.05) is 12.4 Å². The SMILES string of the molecule is COc1ncccc1NC(=O)NSc1cccc2c1ncn2C. The quantitative estimate of drug-likeness (QED) is 0.719. The smallest absolute Gasteiger partial charge is 0.329 e. The third kappa shape index (κ3) is 3.21. The van der Waals surface area contributed by atoms with Gasteiger partial charge in [0.1, 0.15) is 11.2 Å². The molecular weight excluding hydrogens is 314 g/mol. The second-order valence-corrected chi connectivity index (χ2v) is 5.55. The molecule has 1 aromatic carbocycles. The number of nitrogens with one attached hydrogen (secondary N) is 2. The Hall–Kier alpha value is -2.74. The molecule has 2 N–H and O–H groups in total. The predicted molar refractivity (Wildman–Crippen MR) is 89.5 cm³/mol. The predicted octanol–water partition coefficient (Wildman–Crippen LogP) is 2.81. The number of carbonyl (C=O) groups is 1. The van der Waals surface area contributed by atoms with Crippen LogP contribution in [0.15, 0.2) is 47.8 Å². The van der Waals surface area contributed by atoms with E-state index >= 15 is 0 Å². The van der Waals surface area contributed by atoms with Crippen LogP contribution in [0.5, 0.6) is 5.88 Å². The first-order valence-corrected chi connectivity index (χ1v) is 7.63. The van der Waals surface area contributed by atoms with Gasteiger partial charge in [0, 0.05) is 13.2 Å². The molecule has 0 aliphatic carbocycles. The van der Waals surface area contributed by atoms with Crippen molar-refractivity contribution in [3.8, 4) is 5.88 Å². The molecule has 0 bridgehead atoms. The summed E-state index contributed by atoms with van der Waals surface area (Å²) < 4.78 is 9.76. The van der Waals surface area contributed by atoms with Gasteiger partial charge in [0.05, 0.1) is 23.8 Å². The molecule has 0 aliphatic rings. The van der Waals surface area contributed by atoms with Crippen LogP contribution >= 0.6 is 11.9 Å². The van der Waals surface area contributed by atoms with Gasteiger partial charge in [0.2, 0.25) is 5.88 Å². The molecule has 0 radical (unpaired) electrons. The number of aromatic nitrogens is 3. The number of benzene rings is 1. The highest BCUT2D eigenvalue weighted by atomic mass is 32.2. The van der Waals surface area contributed by atoms with Crippen molar-refractivity contribution >= 4 is 34.7 Å². The number of anilines is 1. The number of methoxy groups -OCH3 is 1. The van der Waals surface area contributed by atoms with Gasteiger partial charge in [-0.05, 0) is 36.2 Å². The number of imidazole rings is 1. The molecule has 7 nitrogen and oxygen atoms in total. The Morgan fingerprint density at radius 2 is 2.13 bits per heavy atom. The summed E-state index contributed by atoms with van der Waals surface area (Å²) in [5, 5.41) is 2.70. The second-order valence-electron chi connectivity index (χ2n) is 4.70. The number of nitrogens with zero attached hydrogens (tertiary/aromatic N) is 3. The monoisotopic (exact) mass is 329 g/mol. The van der Waals surface area contributed by atoms with Gasteiger partial charge in [-0.1, -0.05) is 6.07 Å². The average molecular weight is 329 g/mol. The molecular formula is C15H15N5O2S. The zero-order chi connectivity index (χ0) is 16.2. The molecule has 2 heterocycles. The van der Waals surface area contributed by atoms with Crippen LogP contribution in [-0.2, 0) is 7.05 Å². The van der Waals surface area contributed by atoms with Gasteiger partial charge >= 0.3 is 6.03 Å². The third-order valence-corrected chi connectivity index (χ3v) is 4.02. The van der Waals surface area contributed by atoms with Gasteiger partial charge in [0.15, 0.2) is 0 Å². The van der Waals surface area contributed by atoms with Gasteiger partial charge in [-0.2, -0.15) is 0 Å². The van der Waals surface area contributed by atoms with E-state index in [4.69, 9.17) is 4.74 Å². The Balaban J connectivity index is 1.69. The lowest BCUT2D eigenvalue weighted by Crippen LogP contribution is -2.23. The zero-order valence-corrected chi connectivity index (χ0v) is 13.4. The number of ether oxygens (including phenoxy) is 1. The Kier molecular flexibility index (Phi) is 4.33. The number of rotatable bonds is 4. The minimum atomic E-state index is -0.366. The molecule has 0 saturated heterocycles. The maximum absolute atomic E-state index is 12.0. The highest BCUT2D eigenvalue weighted by molar-refractivity contribution is 7.98. The highest BCUT2D eigenvalue weighted by Gasteiger charge is 2.10. The Bertz CT molecular complexity index is 849. The van der Waals surface area contributed by atoms with Gasteiger partial charge in [-0.25, -0.2) is 14.8 Å². The van der Waals surface area contributed by atoms with Crippen molar-refractivity contribution in [2.45, 2.75) is 4.90 Å². The van der Waals surface area contributed by atoms with Crippen molar-refractivity contribution in [1.82, 2.24) is 19.3 Å². The van der Waals surface area contributed by atoms with Crippen LogP contribution < -0.4 is 14.8 Å². The van der Waals surface area contributed by atoms with Crippen LogP contribution in [0.25, 0.3) is 11.0 Å². The van der Waals surface area contributed by atoms with Gasteiger partial charge < -0.3 is 14.6 Å². The van der Waals surface area contributed by atoms with E-state index in [1.54, 1.807) is 24.7 Å². The summed E-state index contributed by atoms with van der Waals surface area (Å²) in [5.41, 5.74) is 2.36. The zero-order valence-electron chi connectivity index (χ0n) is 12.6. The number of amides is 2. The van der Waals surface area contributed by atoms with E-state index in [0.29, 0.717) is 11.6 Å². The largest absolute Gasteiger partial charge is 0.480 e. The summed E-state index contributed by atoms with van der Waals surface area (Å²) in [7, 11) is 3.43. The van der Waals surface area contributed by atoms with Crippen LogP contribution in [0, 0.1) is 0 Å². The number of hydrogen-bond donors (Lipinski definition) is 2. The number of carbonyl (C=O) groups excluding carboxylic acids is 1. The lowest BCUT2D eigenvalue weighted by molar-refractivity contribution is 0.257. The maximum atomic E-state index is 12.0. The number of fused-ring (bicyclic) bond motifs is 1. The van der Waals surface area contributed by atoms with Crippen molar-refractivity contribution < 1.29 is 9.53 Å². The van der Waals surface area contributed by atoms with Crippen LogP contribution in [0.1, 0.15) is 0 Å². The first-order chi connectivity index (χ1) is 11.2. The van der Waals surface area contributed by atoms with E-state index in [0.717, 1.165) is 15.9 Å². The van der Waals surface area contributed by atoms with E-state index in [1.807, 2.05) is 29.8 Å². The molecule has 0 spiro atoms. The van der Waals surface area contributed by atoms with Crippen molar-refractivity contribution in [3.05, 3.63) is 42.9 Å². The van der Waals surface area contributed by atoms with Gasteiger partial charge in [-0.3, -0.25) is 4.72 Å². The van der Waals surface area contributed by atoms with Crippen molar-refractivity contribution in [1.29, 1.82) is 0 Å². The molecule has 8 heteroatoms. The van der Waals surface area contributed by atoms with E-state index in [1.165, 1.54) is 19.1 Å². The molecule has 3 rings (SSSR count). The fraction of sp³-hybridized carbons (Fsp3) is 0.133. The van der Waals surface area contributed by atoms with E-state index in [9.17, 15) is 4.79 Å². The average Bonchev–Trinajstić information content (AvgIpc) is 2.95. The summed E-state index contributed by atoms with van der Waals surface area (Å²) in [4.78, 5) is 21.3. The number of para-hydroxylation sites is 1. The summed E-state index contributed by atoms with van der Waals surface area (Å²) in [6.07, 6.45) is 3.34. The fourth-order valence-corrected chi connectivity index (χ4v) is 2.77. The van der Waals surface area contributed by atoms with Gasteiger partial charge in [-0.15, -0.1) is 0 Å². The van der Waals surface area contributed by atoms with Crippen molar-refractivity contribution in [2.24, 2.45) is 7.05 Å². The standard InChI is InChI=1S/C15H15N5O2S/c1-20-9-17-13-11(20)6-3-7-12(13)23-19-15(21)18-10-5-4-8-16-14(10)22-2/h3-9H,1-2H3,(H2,18,19,21). The topological polar surface area (TPSA) is 81.1 Å². The van der Waals surface area contributed by atoms with Crippen LogP contribution in [-0.4, -0.2) is 27.7 Å². The first-order valence-electron chi connectivity index (χ1n) is 6.82. The first kappa shape index (κ1) is 15.2. The molecule has 0 aliphatic heterocycles. The van der Waals surface area contributed by atoms with Crippen molar-refractivity contribution in [3.63, 3.8) is 0 Å². The molecule has 0 atom stereocenters. The Labute approximate surface area is 137 Å². The molecule has 0 fully saturated rings. The molecule has 0 saturated carbocycles. The second kappa shape index (κ2) is 6.57. The van der Waals surface area contributed by atoms with E-state index in [-0.39, 0.29) is 6.03 Å². The van der Waals surface area contributed by atoms with E-state index < -0.39 is 0 Å². The normalized spacial score (nSPS) is 10.5.